The number of aromatic nitrogens is 1. The van der Waals surface area contributed by atoms with Crippen molar-refractivity contribution in [2.75, 3.05) is 0 Å². The molecule has 0 aliphatic heterocycles. The Bertz CT molecular complexity index is 699. The molecule has 1 aromatic heterocycles. The highest BCUT2D eigenvalue weighted by Gasteiger charge is 2.23. The zero-order chi connectivity index (χ0) is 13.5. The monoisotopic (exact) mass is 263 g/mol. The summed E-state index contributed by atoms with van der Waals surface area (Å²) >= 11 is 0. The molecule has 102 valence electrons. The number of hydrogen-bond donors (Lipinski definition) is 0. The van der Waals surface area contributed by atoms with Gasteiger partial charge in [0.1, 0.15) is 0 Å². The molecular formula is C19H21N. The van der Waals surface area contributed by atoms with Gasteiger partial charge < -0.3 is 4.57 Å². The van der Waals surface area contributed by atoms with E-state index in [1.165, 1.54) is 47.5 Å². The third-order valence-electron chi connectivity index (χ3n) is 4.89. The molecule has 20 heavy (non-hydrogen) atoms. The molecule has 1 heteroatoms. The lowest BCUT2D eigenvalue weighted by Crippen LogP contribution is -2.17. The Labute approximate surface area is 120 Å². The molecule has 1 nitrogen and oxygen atoms in total. The van der Waals surface area contributed by atoms with Crippen molar-refractivity contribution in [2.45, 2.75) is 38.6 Å². The number of rotatable bonds is 1. The first-order valence-corrected chi connectivity index (χ1v) is 7.82. The fourth-order valence-electron chi connectivity index (χ4n) is 3.98. The van der Waals surface area contributed by atoms with Crippen LogP contribution in [0.15, 0.2) is 48.5 Å². The third kappa shape index (κ3) is 1.76. The van der Waals surface area contributed by atoms with Gasteiger partial charge in [-0.15, -0.1) is 0 Å². The average molecular weight is 263 g/mol. The predicted molar refractivity (Wildman–Crippen MR) is 86.1 cm³/mol. The second-order valence-electron chi connectivity index (χ2n) is 6.33. The van der Waals surface area contributed by atoms with Crippen LogP contribution in [0.25, 0.3) is 21.8 Å². The molecule has 2 unspecified atom stereocenters. The van der Waals surface area contributed by atoms with E-state index in [4.69, 9.17) is 0 Å². The Morgan fingerprint density at radius 3 is 2.05 bits per heavy atom. The molecule has 1 aliphatic carbocycles. The molecule has 0 saturated heterocycles. The molecule has 3 aromatic rings. The minimum absolute atomic E-state index is 0.670. The van der Waals surface area contributed by atoms with Crippen LogP contribution < -0.4 is 0 Å². The maximum absolute atomic E-state index is 2.61. The largest absolute Gasteiger partial charge is 0.337 e. The molecule has 0 radical (unpaired) electrons. The van der Waals surface area contributed by atoms with Gasteiger partial charge in [-0.3, -0.25) is 0 Å². The molecule has 4 rings (SSSR count). The molecule has 0 N–H and O–H groups in total. The van der Waals surface area contributed by atoms with E-state index < -0.39 is 0 Å². The van der Waals surface area contributed by atoms with E-state index in [1.807, 2.05) is 0 Å². The van der Waals surface area contributed by atoms with Crippen LogP contribution in [0.2, 0.25) is 0 Å². The molecular weight excluding hydrogens is 242 g/mol. The minimum Gasteiger partial charge on any atom is -0.337 e. The van der Waals surface area contributed by atoms with Crippen molar-refractivity contribution < 1.29 is 0 Å². The summed E-state index contributed by atoms with van der Waals surface area (Å²) in [4.78, 5) is 0. The van der Waals surface area contributed by atoms with Crippen LogP contribution in [0.5, 0.6) is 0 Å². The summed E-state index contributed by atoms with van der Waals surface area (Å²) < 4.78 is 2.61. The molecule has 2 atom stereocenters. The fraction of sp³-hybridized carbons (Fsp3) is 0.368. The Kier molecular flexibility index (Phi) is 2.80. The maximum atomic E-state index is 2.61. The first kappa shape index (κ1) is 12.0. The first-order valence-electron chi connectivity index (χ1n) is 7.82. The summed E-state index contributed by atoms with van der Waals surface area (Å²) in [7, 11) is 0. The van der Waals surface area contributed by atoms with Crippen LogP contribution in [0.4, 0.5) is 0 Å². The number of para-hydroxylation sites is 2. The van der Waals surface area contributed by atoms with Gasteiger partial charge in [0.25, 0.3) is 0 Å². The van der Waals surface area contributed by atoms with Gasteiger partial charge >= 0.3 is 0 Å². The van der Waals surface area contributed by atoms with Crippen molar-refractivity contribution in [3.05, 3.63) is 48.5 Å². The summed E-state index contributed by atoms with van der Waals surface area (Å²) in [5.41, 5.74) is 2.82. The minimum atomic E-state index is 0.670. The molecule has 1 heterocycles. The summed E-state index contributed by atoms with van der Waals surface area (Å²) in [6.45, 7) is 2.40. The van der Waals surface area contributed by atoms with Gasteiger partial charge in [0.2, 0.25) is 0 Å². The Hall–Kier alpha value is -1.76. The van der Waals surface area contributed by atoms with Gasteiger partial charge in [-0.1, -0.05) is 56.2 Å². The van der Waals surface area contributed by atoms with E-state index in [-0.39, 0.29) is 0 Å². The van der Waals surface area contributed by atoms with E-state index in [1.54, 1.807) is 0 Å². The van der Waals surface area contributed by atoms with E-state index in [2.05, 4.69) is 60.0 Å². The van der Waals surface area contributed by atoms with E-state index in [0.29, 0.717) is 6.04 Å². The summed E-state index contributed by atoms with van der Waals surface area (Å²) in [5, 5.41) is 2.81. The fourth-order valence-corrected chi connectivity index (χ4v) is 3.98. The van der Waals surface area contributed by atoms with Crippen LogP contribution >= 0.6 is 0 Å². The van der Waals surface area contributed by atoms with Gasteiger partial charge in [0.15, 0.2) is 0 Å². The SMILES string of the molecule is CC1CCCC(n2c3ccccc3c3ccccc32)C1. The topological polar surface area (TPSA) is 4.93 Å². The van der Waals surface area contributed by atoms with Crippen molar-refractivity contribution in [1.82, 2.24) is 4.57 Å². The second-order valence-corrected chi connectivity index (χ2v) is 6.33. The van der Waals surface area contributed by atoms with Crippen LogP contribution in [-0.4, -0.2) is 4.57 Å². The van der Waals surface area contributed by atoms with Crippen LogP contribution in [-0.2, 0) is 0 Å². The molecule has 1 aliphatic rings. The Morgan fingerprint density at radius 1 is 0.850 bits per heavy atom. The van der Waals surface area contributed by atoms with Gasteiger partial charge in [0, 0.05) is 27.8 Å². The number of benzene rings is 2. The predicted octanol–water partition coefficient (Wildman–Crippen LogP) is 5.55. The van der Waals surface area contributed by atoms with E-state index in [9.17, 15) is 0 Å². The zero-order valence-electron chi connectivity index (χ0n) is 12.0. The number of hydrogen-bond acceptors (Lipinski definition) is 0. The van der Waals surface area contributed by atoms with Crippen molar-refractivity contribution >= 4 is 21.8 Å². The van der Waals surface area contributed by atoms with Crippen LogP contribution in [0.1, 0.15) is 38.6 Å². The van der Waals surface area contributed by atoms with Gasteiger partial charge in [-0.2, -0.15) is 0 Å². The Balaban J connectivity index is 2.00. The molecule has 0 spiro atoms. The van der Waals surface area contributed by atoms with Gasteiger partial charge in [0.05, 0.1) is 0 Å². The summed E-state index contributed by atoms with van der Waals surface area (Å²) in [6, 6.07) is 18.4. The average Bonchev–Trinajstić information content (AvgIpc) is 2.82. The number of nitrogens with zero attached hydrogens (tertiary/aromatic N) is 1. The highest BCUT2D eigenvalue weighted by molar-refractivity contribution is 6.08. The third-order valence-corrected chi connectivity index (χ3v) is 4.89. The lowest BCUT2D eigenvalue weighted by atomic mass is 9.87. The van der Waals surface area contributed by atoms with Crippen molar-refractivity contribution in [1.29, 1.82) is 0 Å². The molecule has 1 fully saturated rings. The summed E-state index contributed by atoms with van der Waals surface area (Å²) in [6.07, 6.45) is 5.41. The van der Waals surface area contributed by atoms with Crippen LogP contribution in [0.3, 0.4) is 0 Å². The smallest absolute Gasteiger partial charge is 0.0493 e. The van der Waals surface area contributed by atoms with Crippen molar-refractivity contribution in [3.8, 4) is 0 Å². The lowest BCUT2D eigenvalue weighted by molar-refractivity contribution is 0.292. The highest BCUT2D eigenvalue weighted by atomic mass is 15.0. The van der Waals surface area contributed by atoms with Gasteiger partial charge in [-0.25, -0.2) is 0 Å². The maximum Gasteiger partial charge on any atom is 0.0493 e. The lowest BCUT2D eigenvalue weighted by Gasteiger charge is -2.29. The first-order chi connectivity index (χ1) is 9.84. The van der Waals surface area contributed by atoms with Gasteiger partial charge in [-0.05, 0) is 30.9 Å². The Morgan fingerprint density at radius 2 is 1.45 bits per heavy atom. The summed E-state index contributed by atoms with van der Waals surface area (Å²) in [5.74, 6) is 0.855. The van der Waals surface area contributed by atoms with Crippen molar-refractivity contribution in [3.63, 3.8) is 0 Å². The number of fused-ring (bicyclic) bond motifs is 3. The van der Waals surface area contributed by atoms with Crippen LogP contribution in [0, 0.1) is 5.92 Å². The highest BCUT2D eigenvalue weighted by Crippen LogP contribution is 2.38. The van der Waals surface area contributed by atoms with Crippen molar-refractivity contribution in [2.24, 2.45) is 5.92 Å². The molecule has 2 aromatic carbocycles. The zero-order valence-corrected chi connectivity index (χ0v) is 12.0. The van der Waals surface area contributed by atoms with E-state index in [0.717, 1.165) is 5.92 Å². The normalized spacial score (nSPS) is 23.4. The molecule has 1 saturated carbocycles. The standard InChI is InChI=1S/C19H21N/c1-14-7-6-8-15(13-14)20-18-11-4-2-9-16(18)17-10-3-5-12-19(17)20/h2-5,9-12,14-15H,6-8,13H2,1H3. The molecule has 0 amide bonds. The van der Waals surface area contributed by atoms with E-state index >= 15 is 0 Å². The quantitative estimate of drug-likeness (QED) is 0.542. The second kappa shape index (κ2) is 4.66. The molecule has 0 bridgehead atoms.